The molecule has 8 heteroatoms. The molecule has 0 aliphatic heterocycles. The van der Waals surface area contributed by atoms with E-state index >= 15 is 0 Å². The summed E-state index contributed by atoms with van der Waals surface area (Å²) in [6.45, 7) is 3.40. The molecular weight excluding hydrogens is 440 g/mol. The molecule has 0 spiro atoms. The lowest BCUT2D eigenvalue weighted by Gasteiger charge is -2.13. The number of carbonyl (C=O) groups is 1. The third-order valence-corrected chi connectivity index (χ3v) is 5.28. The van der Waals surface area contributed by atoms with Crippen LogP contribution >= 0.6 is 0 Å². The number of amides is 1. The molecule has 0 aliphatic rings. The molecule has 2 N–H and O–H groups in total. The zero-order chi connectivity index (χ0) is 24.6. The first-order valence-corrected chi connectivity index (χ1v) is 11.3. The van der Waals surface area contributed by atoms with Gasteiger partial charge in [-0.05, 0) is 81.2 Å². The van der Waals surface area contributed by atoms with Crippen LogP contribution in [-0.2, 0) is 0 Å². The van der Waals surface area contributed by atoms with Crippen molar-refractivity contribution in [2.75, 3.05) is 37.9 Å². The fourth-order valence-corrected chi connectivity index (χ4v) is 3.30. The van der Waals surface area contributed by atoms with Crippen molar-refractivity contribution >= 4 is 23.2 Å². The van der Waals surface area contributed by atoms with Gasteiger partial charge in [0.25, 0.3) is 5.91 Å². The number of likely N-dealkylation sites (N-methyl/N-ethyl adjacent to an activating group) is 1. The minimum absolute atomic E-state index is 0.209. The number of hydrogen-bond donors (Lipinski definition) is 2. The Kier molecular flexibility index (Phi) is 7.64. The molecule has 0 bridgehead atoms. The Morgan fingerprint density at radius 3 is 2.60 bits per heavy atom. The monoisotopic (exact) mass is 468 g/mol. The van der Waals surface area contributed by atoms with Gasteiger partial charge in [0.2, 0.25) is 5.95 Å². The predicted molar refractivity (Wildman–Crippen MR) is 138 cm³/mol. The van der Waals surface area contributed by atoms with Crippen LogP contribution in [-0.4, -0.2) is 53.0 Å². The van der Waals surface area contributed by atoms with Crippen molar-refractivity contribution in [3.63, 3.8) is 0 Å². The van der Waals surface area contributed by atoms with E-state index in [1.807, 2.05) is 69.6 Å². The average Bonchev–Trinajstić information content (AvgIpc) is 2.87. The number of anilines is 3. The predicted octanol–water partition coefficient (Wildman–Crippen LogP) is 4.78. The molecule has 35 heavy (non-hydrogen) atoms. The number of aryl methyl sites for hydroxylation is 1. The lowest BCUT2D eigenvalue weighted by atomic mass is 10.1. The van der Waals surface area contributed by atoms with Crippen molar-refractivity contribution in [2.45, 2.75) is 6.92 Å². The number of pyridine rings is 1. The van der Waals surface area contributed by atoms with Crippen molar-refractivity contribution in [2.24, 2.45) is 0 Å². The van der Waals surface area contributed by atoms with Crippen LogP contribution in [0.4, 0.5) is 17.3 Å². The van der Waals surface area contributed by atoms with Crippen molar-refractivity contribution < 1.29 is 9.53 Å². The smallest absolute Gasteiger partial charge is 0.255 e. The second kappa shape index (κ2) is 11.2. The Labute approximate surface area is 205 Å². The van der Waals surface area contributed by atoms with E-state index in [-0.39, 0.29) is 5.91 Å². The minimum atomic E-state index is -0.209. The van der Waals surface area contributed by atoms with Gasteiger partial charge < -0.3 is 20.3 Å². The van der Waals surface area contributed by atoms with E-state index in [0.29, 0.717) is 23.8 Å². The number of rotatable bonds is 9. The number of carbonyl (C=O) groups excluding carboxylic acids is 1. The molecule has 8 nitrogen and oxygen atoms in total. The largest absolute Gasteiger partial charge is 0.492 e. The molecule has 0 saturated carbocycles. The quantitative estimate of drug-likeness (QED) is 0.365. The van der Waals surface area contributed by atoms with Gasteiger partial charge in [0.1, 0.15) is 12.4 Å². The highest BCUT2D eigenvalue weighted by Gasteiger charge is 2.11. The molecule has 0 radical (unpaired) electrons. The second-order valence-electron chi connectivity index (χ2n) is 8.29. The Balaban J connectivity index is 1.43. The van der Waals surface area contributed by atoms with Gasteiger partial charge in [0, 0.05) is 47.6 Å². The number of aromatic nitrogens is 3. The number of hydrogen-bond acceptors (Lipinski definition) is 7. The molecular formula is C27H28N6O2. The van der Waals surface area contributed by atoms with Crippen molar-refractivity contribution in [1.82, 2.24) is 19.9 Å². The molecule has 4 aromatic rings. The summed E-state index contributed by atoms with van der Waals surface area (Å²) in [5.41, 5.74) is 4.60. The highest BCUT2D eigenvalue weighted by molar-refractivity contribution is 6.05. The molecule has 4 rings (SSSR count). The van der Waals surface area contributed by atoms with Gasteiger partial charge >= 0.3 is 0 Å². The SMILES string of the molecule is Cc1ccc(C(=O)Nc2ccc(OCCN(C)C)cc2)cc1Nc1nccc(-c2cccnc2)n1. The lowest BCUT2D eigenvalue weighted by molar-refractivity contribution is 0.102. The van der Waals surface area contributed by atoms with Crippen LogP contribution in [0.15, 0.2) is 79.3 Å². The first-order valence-electron chi connectivity index (χ1n) is 11.3. The lowest BCUT2D eigenvalue weighted by Crippen LogP contribution is -2.19. The summed E-state index contributed by atoms with van der Waals surface area (Å²) in [4.78, 5) is 28.0. The van der Waals surface area contributed by atoms with Gasteiger partial charge in [-0.1, -0.05) is 6.07 Å². The fraction of sp³-hybridized carbons (Fsp3) is 0.185. The number of ether oxygens (including phenoxy) is 1. The van der Waals surface area contributed by atoms with E-state index in [4.69, 9.17) is 4.74 Å². The van der Waals surface area contributed by atoms with E-state index < -0.39 is 0 Å². The van der Waals surface area contributed by atoms with Gasteiger partial charge in [-0.3, -0.25) is 9.78 Å². The maximum Gasteiger partial charge on any atom is 0.255 e. The molecule has 178 valence electrons. The van der Waals surface area contributed by atoms with E-state index in [1.165, 1.54) is 0 Å². The summed E-state index contributed by atoms with van der Waals surface area (Å²) in [5.74, 6) is 0.997. The van der Waals surface area contributed by atoms with Crippen molar-refractivity contribution in [1.29, 1.82) is 0 Å². The molecule has 2 aromatic heterocycles. The molecule has 1 amide bonds. The van der Waals surface area contributed by atoms with Crippen LogP contribution in [0.3, 0.4) is 0 Å². The highest BCUT2D eigenvalue weighted by Crippen LogP contribution is 2.23. The topological polar surface area (TPSA) is 92.3 Å². The van der Waals surface area contributed by atoms with E-state index in [0.717, 1.165) is 34.8 Å². The normalized spacial score (nSPS) is 10.7. The summed E-state index contributed by atoms with van der Waals surface area (Å²) in [6, 6.07) is 18.5. The third-order valence-electron chi connectivity index (χ3n) is 5.28. The first-order chi connectivity index (χ1) is 17.0. The zero-order valence-corrected chi connectivity index (χ0v) is 20.0. The third kappa shape index (κ3) is 6.61. The molecule has 2 heterocycles. The van der Waals surface area contributed by atoms with Crippen LogP contribution in [0.1, 0.15) is 15.9 Å². The van der Waals surface area contributed by atoms with Crippen LogP contribution in [0.2, 0.25) is 0 Å². The molecule has 0 atom stereocenters. The van der Waals surface area contributed by atoms with Gasteiger partial charge in [0.15, 0.2) is 0 Å². The standard InChI is InChI=1S/C27H28N6O2/c1-19-6-7-20(26(34)30-22-8-10-23(11-9-22)35-16-15-33(2)3)17-25(19)32-27-29-14-12-24(31-27)21-5-4-13-28-18-21/h4-14,17-18H,15-16H2,1-3H3,(H,30,34)(H,29,31,32). The molecule has 0 unspecified atom stereocenters. The summed E-state index contributed by atoms with van der Waals surface area (Å²) in [5, 5.41) is 6.17. The van der Waals surface area contributed by atoms with Gasteiger partial charge in [0.05, 0.1) is 5.69 Å². The molecule has 0 saturated heterocycles. The van der Waals surface area contributed by atoms with Crippen molar-refractivity contribution in [3.8, 4) is 17.0 Å². The Hall–Kier alpha value is -4.30. The second-order valence-corrected chi connectivity index (χ2v) is 8.29. The Bertz CT molecular complexity index is 1280. The minimum Gasteiger partial charge on any atom is -0.492 e. The molecule has 0 aliphatic carbocycles. The van der Waals surface area contributed by atoms with Crippen LogP contribution in [0.25, 0.3) is 11.3 Å². The van der Waals surface area contributed by atoms with Crippen LogP contribution in [0, 0.1) is 6.92 Å². The van der Waals surface area contributed by atoms with E-state index in [2.05, 4.69) is 30.5 Å². The fourth-order valence-electron chi connectivity index (χ4n) is 3.30. The first kappa shape index (κ1) is 23.8. The zero-order valence-electron chi connectivity index (χ0n) is 20.0. The van der Waals surface area contributed by atoms with E-state index in [9.17, 15) is 4.79 Å². The molecule has 2 aromatic carbocycles. The van der Waals surface area contributed by atoms with E-state index in [1.54, 1.807) is 30.7 Å². The number of nitrogens with zero attached hydrogens (tertiary/aromatic N) is 4. The summed E-state index contributed by atoms with van der Waals surface area (Å²) >= 11 is 0. The Morgan fingerprint density at radius 2 is 1.86 bits per heavy atom. The molecule has 0 fully saturated rings. The number of nitrogens with one attached hydrogen (secondary N) is 2. The Morgan fingerprint density at radius 1 is 1.03 bits per heavy atom. The number of benzene rings is 2. The van der Waals surface area contributed by atoms with Gasteiger partial charge in [-0.15, -0.1) is 0 Å². The van der Waals surface area contributed by atoms with Crippen LogP contribution < -0.4 is 15.4 Å². The highest BCUT2D eigenvalue weighted by atomic mass is 16.5. The van der Waals surface area contributed by atoms with Gasteiger partial charge in [-0.2, -0.15) is 0 Å². The van der Waals surface area contributed by atoms with Crippen LogP contribution in [0.5, 0.6) is 5.75 Å². The summed E-state index contributed by atoms with van der Waals surface area (Å²) < 4.78 is 5.71. The van der Waals surface area contributed by atoms with Crippen molar-refractivity contribution in [3.05, 3.63) is 90.4 Å². The summed E-state index contributed by atoms with van der Waals surface area (Å²) in [6.07, 6.45) is 5.17. The average molecular weight is 469 g/mol. The van der Waals surface area contributed by atoms with Gasteiger partial charge in [-0.25, -0.2) is 9.97 Å². The maximum absolute atomic E-state index is 12.9. The maximum atomic E-state index is 12.9. The summed E-state index contributed by atoms with van der Waals surface area (Å²) in [7, 11) is 4.00.